The predicted molar refractivity (Wildman–Crippen MR) is 122 cm³/mol. The fourth-order valence-electron chi connectivity index (χ4n) is 4.04. The second kappa shape index (κ2) is 9.89. The first-order chi connectivity index (χ1) is 15.9. The lowest BCUT2D eigenvalue weighted by Gasteiger charge is -2.29. The number of carbonyl (C=O) groups excluding carboxylic acids is 2. The van der Waals surface area contributed by atoms with E-state index in [1.165, 1.54) is 23.1 Å². The van der Waals surface area contributed by atoms with Gasteiger partial charge in [-0.15, -0.1) is 10.2 Å². The van der Waals surface area contributed by atoms with Crippen LogP contribution in [0.2, 0.25) is 0 Å². The van der Waals surface area contributed by atoms with E-state index in [1.807, 2.05) is 31.2 Å². The summed E-state index contributed by atoms with van der Waals surface area (Å²) < 4.78 is 14.6. The van der Waals surface area contributed by atoms with E-state index in [2.05, 4.69) is 20.7 Å². The Kier molecular flexibility index (Phi) is 6.76. The Morgan fingerprint density at radius 3 is 2.55 bits per heavy atom. The molecule has 1 heterocycles. The quantitative estimate of drug-likeness (QED) is 0.596. The first kappa shape index (κ1) is 22.6. The molecular weight excluding hydrogens is 423 g/mol. The molecular formula is C24H27FN6O2. The molecule has 1 atom stereocenters. The van der Waals surface area contributed by atoms with Crippen molar-refractivity contribution in [1.82, 2.24) is 25.5 Å². The summed E-state index contributed by atoms with van der Waals surface area (Å²) in [5, 5.41) is 15.3. The Bertz CT molecular complexity index is 1120. The van der Waals surface area contributed by atoms with Crippen LogP contribution in [-0.4, -0.2) is 44.1 Å². The fraction of sp³-hybridized carbons (Fsp3) is 0.375. The van der Waals surface area contributed by atoms with E-state index in [-0.39, 0.29) is 24.2 Å². The van der Waals surface area contributed by atoms with Crippen molar-refractivity contribution < 1.29 is 14.0 Å². The summed E-state index contributed by atoms with van der Waals surface area (Å²) in [5.74, 6) is -1.03. The maximum Gasteiger partial charge on any atom is 0.251 e. The highest BCUT2D eigenvalue weighted by Crippen LogP contribution is 2.23. The summed E-state index contributed by atoms with van der Waals surface area (Å²) >= 11 is 0. The summed E-state index contributed by atoms with van der Waals surface area (Å²) in [5.41, 5.74) is 1.91. The van der Waals surface area contributed by atoms with E-state index in [4.69, 9.17) is 0 Å². The lowest BCUT2D eigenvalue weighted by molar-refractivity contribution is -0.127. The molecule has 4 rings (SSSR count). The number of hydrogen-bond donors (Lipinski definition) is 1. The molecule has 33 heavy (non-hydrogen) atoms. The van der Waals surface area contributed by atoms with Crippen LogP contribution in [0.25, 0.3) is 11.4 Å². The number of benzene rings is 2. The Balaban J connectivity index is 1.55. The zero-order valence-corrected chi connectivity index (χ0v) is 18.7. The Morgan fingerprint density at radius 2 is 1.85 bits per heavy atom. The smallest absolute Gasteiger partial charge is 0.251 e. The number of carbonyl (C=O) groups is 2. The van der Waals surface area contributed by atoms with Gasteiger partial charge >= 0.3 is 0 Å². The second-order valence-electron chi connectivity index (χ2n) is 8.39. The van der Waals surface area contributed by atoms with Crippen LogP contribution in [0.5, 0.6) is 0 Å². The largest absolute Gasteiger partial charge is 0.352 e. The molecule has 2 amide bonds. The highest BCUT2D eigenvalue weighted by molar-refractivity contribution is 6.00. The summed E-state index contributed by atoms with van der Waals surface area (Å²) in [6.07, 6.45) is 3.96. The molecule has 2 aromatic carbocycles. The van der Waals surface area contributed by atoms with Crippen molar-refractivity contribution in [3.05, 3.63) is 59.9 Å². The Labute approximate surface area is 191 Å². The van der Waals surface area contributed by atoms with Gasteiger partial charge in [0.2, 0.25) is 11.7 Å². The van der Waals surface area contributed by atoms with Crippen molar-refractivity contribution in [2.75, 3.05) is 4.90 Å². The number of aryl methyl sites for hydroxylation is 1. The third kappa shape index (κ3) is 5.24. The maximum absolute atomic E-state index is 14.6. The molecule has 1 saturated carbocycles. The number of aromatic nitrogens is 4. The number of amides is 2. The van der Waals surface area contributed by atoms with Crippen molar-refractivity contribution in [3.8, 4) is 11.4 Å². The van der Waals surface area contributed by atoms with Gasteiger partial charge in [-0.25, -0.2) is 4.39 Å². The van der Waals surface area contributed by atoms with Gasteiger partial charge in [0.25, 0.3) is 5.91 Å². The molecule has 1 unspecified atom stereocenters. The first-order valence-corrected chi connectivity index (χ1v) is 11.1. The number of halogens is 1. The van der Waals surface area contributed by atoms with Gasteiger partial charge in [-0.2, -0.15) is 4.80 Å². The van der Waals surface area contributed by atoms with Gasteiger partial charge in [0.15, 0.2) is 0 Å². The molecule has 1 aliphatic carbocycles. The Morgan fingerprint density at radius 1 is 1.15 bits per heavy atom. The predicted octanol–water partition coefficient (Wildman–Crippen LogP) is 3.27. The van der Waals surface area contributed by atoms with Crippen LogP contribution in [0.1, 0.15) is 38.2 Å². The van der Waals surface area contributed by atoms with Crippen molar-refractivity contribution in [2.45, 2.75) is 58.2 Å². The molecule has 0 bridgehead atoms. The van der Waals surface area contributed by atoms with Crippen LogP contribution in [0.4, 0.5) is 10.1 Å². The van der Waals surface area contributed by atoms with Crippen LogP contribution in [-0.2, 0) is 16.1 Å². The minimum Gasteiger partial charge on any atom is -0.352 e. The van der Waals surface area contributed by atoms with Crippen molar-refractivity contribution in [1.29, 1.82) is 0 Å². The normalized spacial score (nSPS) is 14.8. The molecule has 0 aliphatic heterocycles. The molecule has 1 aliphatic rings. The molecule has 8 nitrogen and oxygen atoms in total. The van der Waals surface area contributed by atoms with E-state index < -0.39 is 17.8 Å². The molecule has 1 aromatic heterocycles. The molecule has 9 heteroatoms. The standard InChI is InChI=1S/C24H27FN6O2/c1-16-11-13-18(14-12-16)23-27-29-30(28-23)15-22(32)31(21-10-6-5-9-20(21)25)17(2)24(33)26-19-7-3-4-8-19/h5-6,9-14,17,19H,3-4,7-8,15H2,1-2H3,(H,26,33). The maximum atomic E-state index is 14.6. The Hall–Kier alpha value is -3.62. The topological polar surface area (TPSA) is 93.0 Å². The molecule has 0 spiro atoms. The summed E-state index contributed by atoms with van der Waals surface area (Å²) in [7, 11) is 0. The third-order valence-corrected chi connectivity index (χ3v) is 5.89. The van der Waals surface area contributed by atoms with E-state index in [9.17, 15) is 14.0 Å². The minimum absolute atomic E-state index is 0.0374. The average molecular weight is 451 g/mol. The minimum atomic E-state index is -0.907. The first-order valence-electron chi connectivity index (χ1n) is 11.1. The fourth-order valence-corrected chi connectivity index (χ4v) is 4.04. The number of nitrogens with zero attached hydrogens (tertiary/aromatic N) is 5. The number of rotatable bonds is 7. The second-order valence-corrected chi connectivity index (χ2v) is 8.39. The van der Waals surface area contributed by atoms with E-state index in [0.29, 0.717) is 5.82 Å². The number of hydrogen-bond acceptors (Lipinski definition) is 5. The van der Waals surface area contributed by atoms with Crippen LogP contribution < -0.4 is 10.2 Å². The summed E-state index contributed by atoms with van der Waals surface area (Å²) in [6, 6.07) is 12.7. The van der Waals surface area contributed by atoms with Crippen molar-refractivity contribution in [3.63, 3.8) is 0 Å². The van der Waals surface area contributed by atoms with Crippen molar-refractivity contribution >= 4 is 17.5 Å². The summed E-state index contributed by atoms with van der Waals surface area (Å²) in [4.78, 5) is 28.5. The number of nitrogens with one attached hydrogen (secondary N) is 1. The summed E-state index contributed by atoms with van der Waals surface area (Å²) in [6.45, 7) is 3.30. The lowest BCUT2D eigenvalue weighted by Crippen LogP contribution is -2.51. The van der Waals surface area contributed by atoms with Gasteiger partial charge in [-0.3, -0.25) is 14.5 Å². The van der Waals surface area contributed by atoms with Crippen LogP contribution in [0.3, 0.4) is 0 Å². The molecule has 3 aromatic rings. The van der Waals surface area contributed by atoms with Gasteiger partial charge in [0, 0.05) is 11.6 Å². The molecule has 0 saturated heterocycles. The van der Waals surface area contributed by atoms with E-state index in [1.54, 1.807) is 13.0 Å². The molecule has 1 fully saturated rings. The number of para-hydroxylation sites is 1. The van der Waals surface area contributed by atoms with E-state index in [0.717, 1.165) is 41.6 Å². The zero-order valence-electron chi connectivity index (χ0n) is 18.7. The molecule has 1 N–H and O–H groups in total. The van der Waals surface area contributed by atoms with Crippen LogP contribution in [0, 0.1) is 12.7 Å². The van der Waals surface area contributed by atoms with Crippen LogP contribution in [0.15, 0.2) is 48.5 Å². The zero-order chi connectivity index (χ0) is 23.4. The van der Waals surface area contributed by atoms with Crippen molar-refractivity contribution in [2.24, 2.45) is 0 Å². The molecule has 0 radical (unpaired) electrons. The van der Waals surface area contributed by atoms with Gasteiger partial charge in [0.1, 0.15) is 18.4 Å². The van der Waals surface area contributed by atoms with E-state index >= 15 is 0 Å². The highest BCUT2D eigenvalue weighted by Gasteiger charge is 2.31. The third-order valence-electron chi connectivity index (χ3n) is 5.89. The molecule has 172 valence electrons. The SMILES string of the molecule is Cc1ccc(-c2nnn(CC(=O)N(c3ccccc3F)C(C)C(=O)NC3CCCC3)n2)cc1. The lowest BCUT2D eigenvalue weighted by atomic mass is 10.1. The highest BCUT2D eigenvalue weighted by atomic mass is 19.1. The number of anilines is 1. The van der Waals surface area contributed by atoms with Gasteiger partial charge < -0.3 is 5.32 Å². The van der Waals surface area contributed by atoms with Gasteiger partial charge in [-0.1, -0.05) is 54.8 Å². The van der Waals surface area contributed by atoms with Gasteiger partial charge in [0.05, 0.1) is 5.69 Å². The monoisotopic (exact) mass is 450 g/mol. The van der Waals surface area contributed by atoms with Gasteiger partial charge in [-0.05, 0) is 44.0 Å². The average Bonchev–Trinajstić information content (AvgIpc) is 3.48. The van der Waals surface area contributed by atoms with Crippen LogP contribution >= 0.6 is 0 Å². The number of tetrazole rings is 1.